The molecule has 4 rings (SSSR count). The van der Waals surface area contributed by atoms with Crippen LogP contribution in [0, 0.1) is 11.3 Å². The van der Waals surface area contributed by atoms with Gasteiger partial charge in [0.2, 0.25) is 0 Å². The minimum atomic E-state index is 0.687. The fourth-order valence-corrected chi connectivity index (χ4v) is 5.69. The highest BCUT2D eigenvalue weighted by atomic mass is 35.5. The van der Waals surface area contributed by atoms with Gasteiger partial charge in [0.15, 0.2) is 0 Å². The van der Waals surface area contributed by atoms with Gasteiger partial charge in [-0.25, -0.2) is 0 Å². The molecule has 1 saturated carbocycles. The Bertz CT molecular complexity index is 491. The SMILES string of the molecule is ClC1=CC=CN(C2CCC(CN3CCC4(CCNCC4)CC3)CC2)C1. The minimum Gasteiger partial charge on any atom is -0.369 e. The third-order valence-corrected chi connectivity index (χ3v) is 7.52. The van der Waals surface area contributed by atoms with E-state index in [2.05, 4.69) is 27.4 Å². The van der Waals surface area contributed by atoms with Gasteiger partial charge in [0.05, 0.1) is 6.54 Å². The normalized spacial score (nSPS) is 33.5. The van der Waals surface area contributed by atoms with Gasteiger partial charge >= 0.3 is 0 Å². The molecule has 3 fully saturated rings. The highest BCUT2D eigenvalue weighted by Gasteiger charge is 2.36. The van der Waals surface area contributed by atoms with Crippen molar-refractivity contribution >= 4 is 11.6 Å². The molecule has 1 aliphatic carbocycles. The van der Waals surface area contributed by atoms with Crippen LogP contribution in [-0.4, -0.2) is 55.1 Å². The van der Waals surface area contributed by atoms with Crippen LogP contribution in [0.2, 0.25) is 0 Å². The Morgan fingerprint density at radius 2 is 1.76 bits per heavy atom. The molecule has 0 bridgehead atoms. The van der Waals surface area contributed by atoms with E-state index in [0.29, 0.717) is 11.5 Å². The highest BCUT2D eigenvalue weighted by molar-refractivity contribution is 6.30. The summed E-state index contributed by atoms with van der Waals surface area (Å²) in [6.07, 6.45) is 17.5. The lowest BCUT2D eigenvalue weighted by atomic mass is 9.71. The van der Waals surface area contributed by atoms with Crippen molar-refractivity contribution in [2.24, 2.45) is 11.3 Å². The summed E-state index contributed by atoms with van der Waals surface area (Å²) in [5.74, 6) is 0.915. The second-order valence-corrected chi connectivity index (χ2v) is 9.34. The average molecular weight is 364 g/mol. The Morgan fingerprint density at radius 1 is 1.04 bits per heavy atom. The first-order chi connectivity index (χ1) is 12.2. The highest BCUT2D eigenvalue weighted by Crippen LogP contribution is 2.40. The number of allylic oxidation sites excluding steroid dienone is 2. The quantitative estimate of drug-likeness (QED) is 0.818. The van der Waals surface area contributed by atoms with Crippen molar-refractivity contribution < 1.29 is 0 Å². The molecule has 25 heavy (non-hydrogen) atoms. The maximum atomic E-state index is 6.21. The van der Waals surface area contributed by atoms with Gasteiger partial charge < -0.3 is 15.1 Å². The van der Waals surface area contributed by atoms with Gasteiger partial charge in [0, 0.05) is 17.6 Å². The molecule has 3 aliphatic heterocycles. The van der Waals surface area contributed by atoms with E-state index in [-0.39, 0.29) is 0 Å². The number of halogens is 1. The fraction of sp³-hybridized carbons (Fsp3) is 0.810. The summed E-state index contributed by atoms with van der Waals surface area (Å²) in [6.45, 7) is 7.43. The lowest BCUT2D eigenvalue weighted by Crippen LogP contribution is -2.47. The van der Waals surface area contributed by atoms with Crippen molar-refractivity contribution in [3.05, 3.63) is 23.4 Å². The van der Waals surface area contributed by atoms with Gasteiger partial charge in [-0.05, 0) is 107 Å². The van der Waals surface area contributed by atoms with Crippen LogP contribution >= 0.6 is 11.6 Å². The molecule has 0 amide bonds. The molecule has 3 nitrogen and oxygen atoms in total. The molecule has 1 spiro atoms. The number of hydrogen-bond acceptors (Lipinski definition) is 3. The van der Waals surface area contributed by atoms with E-state index < -0.39 is 0 Å². The molecule has 4 heteroatoms. The van der Waals surface area contributed by atoms with Crippen LogP contribution in [0.25, 0.3) is 0 Å². The standard InChI is InChI=1S/C21H34ClN3/c22-19-2-1-13-25(17-19)20-5-3-18(4-6-20)16-24-14-9-21(10-15-24)7-11-23-12-8-21/h1-2,13,18,20,23H,3-12,14-17H2. The van der Waals surface area contributed by atoms with Gasteiger partial charge in [0.1, 0.15) is 0 Å². The maximum Gasteiger partial charge on any atom is 0.0534 e. The smallest absolute Gasteiger partial charge is 0.0534 e. The summed E-state index contributed by atoms with van der Waals surface area (Å²) in [4.78, 5) is 5.24. The van der Waals surface area contributed by atoms with Crippen LogP contribution in [0.5, 0.6) is 0 Å². The largest absolute Gasteiger partial charge is 0.369 e. The fourth-order valence-electron chi connectivity index (χ4n) is 5.48. The zero-order chi connectivity index (χ0) is 17.1. The lowest BCUT2D eigenvalue weighted by Gasteiger charge is -2.45. The molecular weight excluding hydrogens is 330 g/mol. The molecular formula is C21H34ClN3. The summed E-state index contributed by atoms with van der Waals surface area (Å²) in [6, 6.07) is 0.703. The summed E-state index contributed by atoms with van der Waals surface area (Å²) in [5.41, 5.74) is 0.687. The summed E-state index contributed by atoms with van der Waals surface area (Å²) >= 11 is 6.21. The predicted octanol–water partition coefficient (Wildman–Crippen LogP) is 3.96. The maximum absolute atomic E-state index is 6.21. The molecule has 0 aromatic heterocycles. The van der Waals surface area contributed by atoms with Crippen LogP contribution in [0.15, 0.2) is 23.4 Å². The van der Waals surface area contributed by atoms with Crippen LogP contribution in [-0.2, 0) is 0 Å². The number of rotatable bonds is 3. The molecule has 2 saturated heterocycles. The summed E-state index contributed by atoms with van der Waals surface area (Å²) < 4.78 is 0. The zero-order valence-electron chi connectivity index (χ0n) is 15.6. The Hall–Kier alpha value is -0.510. The second-order valence-electron chi connectivity index (χ2n) is 8.85. The van der Waals surface area contributed by atoms with E-state index in [1.165, 1.54) is 84.1 Å². The van der Waals surface area contributed by atoms with Crippen molar-refractivity contribution in [1.29, 1.82) is 0 Å². The van der Waals surface area contributed by atoms with Gasteiger partial charge in [-0.15, -0.1) is 0 Å². The topological polar surface area (TPSA) is 18.5 Å². The van der Waals surface area contributed by atoms with Crippen molar-refractivity contribution in [3.8, 4) is 0 Å². The van der Waals surface area contributed by atoms with E-state index in [1.807, 2.05) is 6.08 Å². The average Bonchev–Trinajstić information content (AvgIpc) is 2.65. The molecule has 3 heterocycles. The summed E-state index contributed by atoms with van der Waals surface area (Å²) in [7, 11) is 0. The van der Waals surface area contributed by atoms with E-state index in [9.17, 15) is 0 Å². The third-order valence-electron chi connectivity index (χ3n) is 7.27. The van der Waals surface area contributed by atoms with Crippen LogP contribution in [0.3, 0.4) is 0 Å². The molecule has 0 atom stereocenters. The molecule has 4 aliphatic rings. The molecule has 1 N–H and O–H groups in total. The van der Waals surface area contributed by atoms with Crippen molar-refractivity contribution in [1.82, 2.24) is 15.1 Å². The lowest BCUT2D eigenvalue weighted by molar-refractivity contribution is 0.0577. The van der Waals surface area contributed by atoms with Crippen molar-refractivity contribution in [3.63, 3.8) is 0 Å². The monoisotopic (exact) mass is 363 g/mol. The van der Waals surface area contributed by atoms with E-state index in [1.54, 1.807) is 0 Å². The Labute approximate surface area is 158 Å². The number of likely N-dealkylation sites (tertiary alicyclic amines) is 1. The molecule has 0 unspecified atom stereocenters. The Kier molecular flexibility index (Phi) is 5.74. The number of piperidine rings is 2. The molecule has 0 radical (unpaired) electrons. The number of nitrogens with zero attached hydrogens (tertiary/aromatic N) is 2. The first-order valence-electron chi connectivity index (χ1n) is 10.4. The van der Waals surface area contributed by atoms with Gasteiger partial charge in [0.25, 0.3) is 0 Å². The Balaban J connectivity index is 1.19. The van der Waals surface area contributed by atoms with Crippen molar-refractivity contribution in [2.45, 2.75) is 57.4 Å². The number of nitrogens with one attached hydrogen (secondary N) is 1. The first-order valence-corrected chi connectivity index (χ1v) is 10.8. The number of hydrogen-bond donors (Lipinski definition) is 1. The first kappa shape index (κ1) is 17.9. The summed E-state index contributed by atoms with van der Waals surface area (Å²) in [5, 5.41) is 4.51. The minimum absolute atomic E-state index is 0.687. The van der Waals surface area contributed by atoms with Crippen LogP contribution in [0.1, 0.15) is 51.4 Å². The third kappa shape index (κ3) is 4.43. The Morgan fingerprint density at radius 3 is 2.44 bits per heavy atom. The van der Waals surface area contributed by atoms with Gasteiger partial charge in [-0.3, -0.25) is 0 Å². The van der Waals surface area contributed by atoms with Gasteiger partial charge in [-0.1, -0.05) is 11.6 Å². The van der Waals surface area contributed by atoms with Crippen LogP contribution < -0.4 is 5.32 Å². The van der Waals surface area contributed by atoms with E-state index in [4.69, 9.17) is 11.6 Å². The predicted molar refractivity (Wildman–Crippen MR) is 106 cm³/mol. The molecule has 0 aromatic rings. The molecule has 0 aromatic carbocycles. The molecule has 140 valence electrons. The van der Waals surface area contributed by atoms with Crippen LogP contribution in [0.4, 0.5) is 0 Å². The van der Waals surface area contributed by atoms with E-state index in [0.717, 1.165) is 17.5 Å². The van der Waals surface area contributed by atoms with Gasteiger partial charge in [-0.2, -0.15) is 0 Å². The van der Waals surface area contributed by atoms with Crippen molar-refractivity contribution in [2.75, 3.05) is 39.3 Å². The second kappa shape index (κ2) is 8.02. The van der Waals surface area contributed by atoms with E-state index >= 15 is 0 Å². The zero-order valence-corrected chi connectivity index (χ0v) is 16.3.